The van der Waals surface area contributed by atoms with Crippen LogP contribution < -0.4 is 10.0 Å². The highest BCUT2D eigenvalue weighted by atomic mass is 32.2. The lowest BCUT2D eigenvalue weighted by atomic mass is 10.1. The number of hydrogen-bond acceptors (Lipinski definition) is 7. The van der Waals surface area contributed by atoms with Crippen molar-refractivity contribution in [3.63, 3.8) is 0 Å². The van der Waals surface area contributed by atoms with Crippen LogP contribution in [0, 0.1) is 0 Å². The zero-order chi connectivity index (χ0) is 17.1. The largest absolute Gasteiger partial charge is 0.548 e. The van der Waals surface area contributed by atoms with Crippen LogP contribution in [0.15, 0.2) is 29.2 Å². The molecule has 0 aliphatic carbocycles. The molecule has 0 N–H and O–H groups in total. The van der Waals surface area contributed by atoms with Gasteiger partial charge in [-0.1, -0.05) is 36.1 Å². The van der Waals surface area contributed by atoms with Gasteiger partial charge < -0.3 is 19.5 Å². The molecule has 0 radical (unpaired) electrons. The van der Waals surface area contributed by atoms with Crippen LogP contribution in [0.2, 0.25) is 0 Å². The number of morpholine rings is 1. The van der Waals surface area contributed by atoms with Crippen LogP contribution in [0.3, 0.4) is 0 Å². The molecule has 2 saturated heterocycles. The van der Waals surface area contributed by atoms with Crippen LogP contribution in [0.1, 0.15) is 5.56 Å². The summed E-state index contributed by atoms with van der Waals surface area (Å²) in [4.78, 5) is 26.6. The number of carbonyl (C=O) groups is 2. The third kappa shape index (κ3) is 3.77. The van der Waals surface area contributed by atoms with E-state index in [-0.39, 0.29) is 4.32 Å². The number of nitrogens with zero attached hydrogens (tertiary/aromatic N) is 2. The summed E-state index contributed by atoms with van der Waals surface area (Å²) < 4.78 is 5.57. The predicted molar refractivity (Wildman–Crippen MR) is 94.4 cm³/mol. The van der Waals surface area contributed by atoms with Crippen molar-refractivity contribution in [3.05, 3.63) is 34.7 Å². The lowest BCUT2D eigenvalue weighted by Crippen LogP contribution is -2.40. The Morgan fingerprint density at radius 3 is 2.58 bits per heavy atom. The Morgan fingerprint density at radius 2 is 1.96 bits per heavy atom. The Labute approximate surface area is 149 Å². The maximum Gasteiger partial charge on any atom is 0.266 e. The molecule has 0 saturated carbocycles. The third-order valence-corrected chi connectivity index (χ3v) is 5.11. The molecule has 1 aromatic carbocycles. The monoisotopic (exact) mass is 363 g/mol. The molecule has 1 amide bonds. The number of aliphatic carboxylic acids is 1. The van der Waals surface area contributed by atoms with Gasteiger partial charge in [-0.15, -0.1) is 0 Å². The van der Waals surface area contributed by atoms with Crippen LogP contribution in [0.25, 0.3) is 6.08 Å². The van der Waals surface area contributed by atoms with Gasteiger partial charge in [0.25, 0.3) is 5.91 Å². The molecule has 0 atom stereocenters. The third-order valence-electron chi connectivity index (χ3n) is 3.73. The quantitative estimate of drug-likeness (QED) is 0.569. The molecular formula is C16H15N2O4S2-. The van der Waals surface area contributed by atoms with Gasteiger partial charge in [-0.2, -0.15) is 0 Å². The molecule has 2 aliphatic rings. The summed E-state index contributed by atoms with van der Waals surface area (Å²) in [6, 6.07) is 7.85. The molecule has 3 rings (SSSR count). The molecule has 6 nitrogen and oxygen atoms in total. The summed E-state index contributed by atoms with van der Waals surface area (Å²) in [6.07, 6.45) is 1.72. The van der Waals surface area contributed by atoms with Crippen molar-refractivity contribution < 1.29 is 19.4 Å². The van der Waals surface area contributed by atoms with E-state index in [1.165, 1.54) is 0 Å². The van der Waals surface area contributed by atoms with Crippen molar-refractivity contribution in [2.75, 3.05) is 37.7 Å². The van der Waals surface area contributed by atoms with Gasteiger partial charge in [-0.05, 0) is 23.8 Å². The van der Waals surface area contributed by atoms with Gasteiger partial charge in [0.2, 0.25) is 0 Å². The van der Waals surface area contributed by atoms with Gasteiger partial charge in [-0.25, -0.2) is 0 Å². The summed E-state index contributed by atoms with van der Waals surface area (Å²) >= 11 is 6.15. The second-order valence-electron chi connectivity index (χ2n) is 5.33. The summed E-state index contributed by atoms with van der Waals surface area (Å²) in [5.74, 6) is -1.73. The van der Waals surface area contributed by atoms with Crippen molar-refractivity contribution in [3.8, 4) is 0 Å². The van der Waals surface area contributed by atoms with Gasteiger partial charge in [-0.3, -0.25) is 9.69 Å². The highest BCUT2D eigenvalue weighted by Crippen LogP contribution is 2.32. The number of amides is 1. The Morgan fingerprint density at radius 1 is 1.29 bits per heavy atom. The van der Waals surface area contributed by atoms with Gasteiger partial charge in [0.15, 0.2) is 0 Å². The number of benzene rings is 1. The Bertz CT molecular complexity index is 697. The maximum atomic E-state index is 12.2. The fourth-order valence-corrected chi connectivity index (χ4v) is 3.77. The van der Waals surface area contributed by atoms with Crippen molar-refractivity contribution in [1.82, 2.24) is 4.90 Å². The van der Waals surface area contributed by atoms with E-state index in [1.54, 1.807) is 6.08 Å². The molecule has 24 heavy (non-hydrogen) atoms. The van der Waals surface area contributed by atoms with Crippen molar-refractivity contribution in [2.45, 2.75) is 0 Å². The lowest BCUT2D eigenvalue weighted by Gasteiger charge is -2.28. The molecule has 126 valence electrons. The number of anilines is 1. The fraction of sp³-hybridized carbons (Fsp3) is 0.312. The minimum Gasteiger partial charge on any atom is -0.548 e. The van der Waals surface area contributed by atoms with E-state index in [4.69, 9.17) is 17.0 Å². The summed E-state index contributed by atoms with van der Waals surface area (Å²) in [6.45, 7) is 2.66. The van der Waals surface area contributed by atoms with Crippen molar-refractivity contribution in [2.24, 2.45) is 0 Å². The van der Waals surface area contributed by atoms with E-state index in [2.05, 4.69) is 4.90 Å². The maximum absolute atomic E-state index is 12.2. The smallest absolute Gasteiger partial charge is 0.266 e. The first-order valence-electron chi connectivity index (χ1n) is 7.42. The molecule has 0 bridgehead atoms. The molecule has 8 heteroatoms. The highest BCUT2D eigenvalue weighted by molar-refractivity contribution is 8.26. The topological polar surface area (TPSA) is 72.9 Å². The van der Waals surface area contributed by atoms with Crippen LogP contribution >= 0.6 is 24.0 Å². The van der Waals surface area contributed by atoms with Crippen LogP contribution in [0.4, 0.5) is 5.69 Å². The second-order valence-corrected chi connectivity index (χ2v) is 7.01. The van der Waals surface area contributed by atoms with E-state index in [0.29, 0.717) is 4.91 Å². The van der Waals surface area contributed by atoms with E-state index < -0.39 is 18.4 Å². The van der Waals surface area contributed by atoms with Gasteiger partial charge >= 0.3 is 0 Å². The molecule has 2 heterocycles. The Hall–Kier alpha value is -1.90. The molecule has 0 spiro atoms. The van der Waals surface area contributed by atoms with Crippen LogP contribution in [-0.2, 0) is 14.3 Å². The summed E-state index contributed by atoms with van der Waals surface area (Å²) in [5.41, 5.74) is 1.97. The standard InChI is InChI=1S/C16H16N2O4S2/c19-14(20)10-18-15(21)13(24-16(18)23)9-11-1-3-12(4-2-11)17-5-7-22-8-6-17/h1-4,9H,5-8,10H2,(H,19,20)/p-1/b13-9+. The fourth-order valence-electron chi connectivity index (χ4n) is 2.52. The van der Waals surface area contributed by atoms with Crippen molar-refractivity contribution in [1.29, 1.82) is 0 Å². The first-order chi connectivity index (χ1) is 11.5. The number of thiocarbonyl (C=S) groups is 1. The van der Waals surface area contributed by atoms with Gasteiger partial charge in [0.1, 0.15) is 4.32 Å². The number of thioether (sulfide) groups is 1. The first-order valence-corrected chi connectivity index (χ1v) is 8.65. The van der Waals surface area contributed by atoms with Crippen LogP contribution in [-0.4, -0.2) is 53.9 Å². The van der Waals surface area contributed by atoms with E-state index in [0.717, 1.165) is 54.2 Å². The summed E-state index contributed by atoms with van der Waals surface area (Å²) in [5, 5.41) is 10.7. The second kappa shape index (κ2) is 7.33. The molecule has 2 fully saturated rings. The number of rotatable bonds is 4. The van der Waals surface area contributed by atoms with E-state index in [9.17, 15) is 14.7 Å². The summed E-state index contributed by atoms with van der Waals surface area (Å²) in [7, 11) is 0. The first kappa shape index (κ1) is 16.9. The molecule has 0 unspecified atom stereocenters. The van der Waals surface area contributed by atoms with E-state index >= 15 is 0 Å². The molecule has 0 aromatic heterocycles. The number of carbonyl (C=O) groups excluding carboxylic acids is 2. The minimum atomic E-state index is -1.33. The molecular weight excluding hydrogens is 348 g/mol. The Kier molecular flexibility index (Phi) is 5.17. The lowest BCUT2D eigenvalue weighted by molar-refractivity contribution is -0.305. The molecule has 1 aromatic rings. The number of carboxylic acid groups (broad SMARTS) is 1. The van der Waals surface area contributed by atoms with Crippen molar-refractivity contribution >= 4 is 51.9 Å². The highest BCUT2D eigenvalue weighted by Gasteiger charge is 2.31. The van der Waals surface area contributed by atoms with Gasteiger partial charge in [0, 0.05) is 18.8 Å². The van der Waals surface area contributed by atoms with Crippen LogP contribution in [0.5, 0.6) is 0 Å². The number of hydrogen-bond donors (Lipinski definition) is 0. The number of carboxylic acids is 1. The average molecular weight is 363 g/mol. The molecule has 2 aliphatic heterocycles. The van der Waals surface area contributed by atoms with E-state index in [1.807, 2.05) is 24.3 Å². The van der Waals surface area contributed by atoms with Gasteiger partial charge in [0.05, 0.1) is 30.6 Å². The minimum absolute atomic E-state index is 0.236. The SMILES string of the molecule is O=C([O-])CN1C(=O)/C(=C\c2ccc(N3CCOCC3)cc2)SC1=S. The number of ether oxygens (including phenoxy) is 1. The average Bonchev–Trinajstić information content (AvgIpc) is 2.83. The zero-order valence-electron chi connectivity index (χ0n) is 12.8. The predicted octanol–water partition coefficient (Wildman–Crippen LogP) is 0.474. The Balaban J connectivity index is 1.73. The zero-order valence-corrected chi connectivity index (χ0v) is 14.4. The normalized spacial score (nSPS) is 20.1.